The van der Waals surface area contributed by atoms with Crippen molar-refractivity contribution in [3.8, 4) is 11.6 Å². The van der Waals surface area contributed by atoms with Gasteiger partial charge in [0.2, 0.25) is 11.8 Å². The molecular formula is C23H20BrFN2O3. The summed E-state index contributed by atoms with van der Waals surface area (Å²) in [7, 11) is 0. The molecule has 5 nitrogen and oxygen atoms in total. The van der Waals surface area contributed by atoms with Gasteiger partial charge >= 0.3 is 0 Å². The van der Waals surface area contributed by atoms with Gasteiger partial charge in [-0.2, -0.15) is 0 Å². The molecule has 7 heteroatoms. The van der Waals surface area contributed by atoms with E-state index in [0.29, 0.717) is 43.4 Å². The molecule has 3 aromatic rings. The minimum atomic E-state index is -0.651. The van der Waals surface area contributed by atoms with Crippen LogP contribution >= 0.6 is 15.9 Å². The van der Waals surface area contributed by atoms with Gasteiger partial charge in [0.25, 0.3) is 0 Å². The normalized spacial score (nSPS) is 15.4. The summed E-state index contributed by atoms with van der Waals surface area (Å²) >= 11 is 3.45. The first kappa shape index (κ1) is 20.5. The van der Waals surface area contributed by atoms with E-state index in [4.69, 9.17) is 9.47 Å². The Morgan fingerprint density at radius 2 is 1.73 bits per heavy atom. The summed E-state index contributed by atoms with van der Waals surface area (Å²) < 4.78 is 25.1. The number of ether oxygens (including phenoxy) is 2. The predicted molar refractivity (Wildman–Crippen MR) is 115 cm³/mol. The molecule has 0 spiro atoms. The smallest absolute Gasteiger partial charge is 0.235 e. The van der Waals surface area contributed by atoms with Crippen LogP contribution in [0, 0.1) is 5.82 Å². The number of pyridine rings is 1. The summed E-state index contributed by atoms with van der Waals surface area (Å²) in [6.07, 6.45) is 2.77. The molecule has 154 valence electrons. The van der Waals surface area contributed by atoms with Crippen molar-refractivity contribution >= 4 is 27.5 Å². The lowest BCUT2D eigenvalue weighted by molar-refractivity contribution is -0.125. The molecule has 1 N–H and O–H groups in total. The fourth-order valence-electron chi connectivity index (χ4n) is 3.52. The summed E-state index contributed by atoms with van der Waals surface area (Å²) in [5.74, 6) is 0.425. The molecule has 1 amide bonds. The Morgan fingerprint density at radius 1 is 1.03 bits per heavy atom. The van der Waals surface area contributed by atoms with Crippen molar-refractivity contribution < 1.29 is 18.7 Å². The Kier molecular flexibility index (Phi) is 6.11. The van der Waals surface area contributed by atoms with Gasteiger partial charge in [0.05, 0.1) is 17.3 Å². The average Bonchev–Trinajstić information content (AvgIpc) is 2.77. The van der Waals surface area contributed by atoms with E-state index < -0.39 is 5.41 Å². The Morgan fingerprint density at radius 3 is 2.37 bits per heavy atom. The molecule has 0 atom stereocenters. The van der Waals surface area contributed by atoms with Crippen molar-refractivity contribution in [1.29, 1.82) is 0 Å². The third kappa shape index (κ3) is 4.52. The second-order valence-electron chi connectivity index (χ2n) is 7.10. The van der Waals surface area contributed by atoms with Crippen LogP contribution in [-0.4, -0.2) is 24.1 Å². The third-order valence-electron chi connectivity index (χ3n) is 5.21. The summed E-state index contributed by atoms with van der Waals surface area (Å²) in [5, 5.41) is 2.99. The predicted octanol–water partition coefficient (Wildman–Crippen LogP) is 5.46. The standard InChI is InChI=1S/C23H20BrFN2O3/c24-17-3-1-16(2-4-17)23(11-13-29-14-12-23)22(28)27-19-7-10-21(26-15-19)30-20-8-5-18(25)6-9-20/h1-10,15H,11-14H2,(H,27,28). The van der Waals surface area contributed by atoms with Gasteiger partial charge < -0.3 is 14.8 Å². The van der Waals surface area contributed by atoms with Gasteiger partial charge in [-0.25, -0.2) is 9.37 Å². The molecule has 2 heterocycles. The zero-order chi connectivity index (χ0) is 21.0. The maximum atomic E-state index is 13.3. The second-order valence-corrected chi connectivity index (χ2v) is 8.01. The monoisotopic (exact) mass is 470 g/mol. The number of hydrogen-bond donors (Lipinski definition) is 1. The molecule has 0 bridgehead atoms. The maximum Gasteiger partial charge on any atom is 0.235 e. The molecule has 0 aliphatic carbocycles. The topological polar surface area (TPSA) is 60.5 Å². The number of halogens is 2. The van der Waals surface area contributed by atoms with Crippen LogP contribution in [-0.2, 0) is 14.9 Å². The highest BCUT2D eigenvalue weighted by Crippen LogP contribution is 2.37. The highest BCUT2D eigenvalue weighted by Gasteiger charge is 2.41. The molecule has 0 radical (unpaired) electrons. The van der Waals surface area contributed by atoms with Crippen LogP contribution < -0.4 is 10.1 Å². The third-order valence-corrected chi connectivity index (χ3v) is 5.74. The maximum absolute atomic E-state index is 13.3. The lowest BCUT2D eigenvalue weighted by Crippen LogP contribution is -2.44. The van der Waals surface area contributed by atoms with Gasteiger partial charge in [0, 0.05) is 23.8 Å². The summed E-state index contributed by atoms with van der Waals surface area (Å²) in [5.41, 5.74) is 0.896. The van der Waals surface area contributed by atoms with Gasteiger partial charge in [-0.1, -0.05) is 28.1 Å². The number of rotatable bonds is 5. The highest BCUT2D eigenvalue weighted by molar-refractivity contribution is 9.10. The molecule has 2 aromatic carbocycles. The van der Waals surface area contributed by atoms with Crippen LogP contribution in [0.2, 0.25) is 0 Å². The molecule has 1 aliphatic heterocycles. The quantitative estimate of drug-likeness (QED) is 0.537. The zero-order valence-electron chi connectivity index (χ0n) is 16.1. The van der Waals surface area contributed by atoms with Gasteiger partial charge in [0.1, 0.15) is 11.6 Å². The van der Waals surface area contributed by atoms with Crippen LogP contribution in [0.4, 0.5) is 10.1 Å². The van der Waals surface area contributed by atoms with E-state index in [1.54, 1.807) is 18.3 Å². The first-order valence-electron chi connectivity index (χ1n) is 9.60. The van der Waals surface area contributed by atoms with Gasteiger partial charge in [-0.3, -0.25) is 4.79 Å². The van der Waals surface area contributed by atoms with Crippen molar-refractivity contribution in [2.75, 3.05) is 18.5 Å². The van der Waals surface area contributed by atoms with Crippen LogP contribution in [0.25, 0.3) is 0 Å². The molecular weight excluding hydrogens is 451 g/mol. The van der Waals surface area contributed by atoms with Gasteiger partial charge in [0.15, 0.2) is 0 Å². The summed E-state index contributed by atoms with van der Waals surface area (Å²) in [6.45, 7) is 1.07. The number of benzene rings is 2. The minimum absolute atomic E-state index is 0.0814. The van der Waals surface area contributed by atoms with Crippen molar-refractivity contribution in [2.45, 2.75) is 18.3 Å². The highest BCUT2D eigenvalue weighted by atomic mass is 79.9. The Hall–Kier alpha value is -2.77. The first-order valence-corrected chi connectivity index (χ1v) is 10.4. The fourth-order valence-corrected chi connectivity index (χ4v) is 3.79. The second kappa shape index (κ2) is 8.93. The van der Waals surface area contributed by atoms with Crippen LogP contribution in [0.15, 0.2) is 71.3 Å². The molecule has 4 rings (SSSR count). The van der Waals surface area contributed by atoms with Gasteiger partial charge in [-0.05, 0) is 60.9 Å². The largest absolute Gasteiger partial charge is 0.439 e. The van der Waals surface area contributed by atoms with E-state index in [1.807, 2.05) is 24.3 Å². The lowest BCUT2D eigenvalue weighted by atomic mass is 9.73. The zero-order valence-corrected chi connectivity index (χ0v) is 17.7. The minimum Gasteiger partial charge on any atom is -0.439 e. The summed E-state index contributed by atoms with van der Waals surface area (Å²) in [4.78, 5) is 17.5. The van der Waals surface area contributed by atoms with Crippen LogP contribution in [0.3, 0.4) is 0 Å². The van der Waals surface area contributed by atoms with Crippen molar-refractivity contribution in [2.24, 2.45) is 0 Å². The number of nitrogens with one attached hydrogen (secondary N) is 1. The Bertz CT molecular complexity index is 1000. The molecule has 1 fully saturated rings. The average molecular weight is 471 g/mol. The molecule has 0 unspecified atom stereocenters. The molecule has 0 saturated carbocycles. The van der Waals surface area contributed by atoms with E-state index in [-0.39, 0.29) is 11.7 Å². The van der Waals surface area contributed by atoms with Gasteiger partial charge in [-0.15, -0.1) is 0 Å². The molecule has 1 aromatic heterocycles. The Labute approximate surface area is 182 Å². The van der Waals surface area contributed by atoms with E-state index in [0.717, 1.165) is 10.0 Å². The van der Waals surface area contributed by atoms with Crippen molar-refractivity contribution in [3.63, 3.8) is 0 Å². The van der Waals surface area contributed by atoms with E-state index in [1.165, 1.54) is 24.3 Å². The van der Waals surface area contributed by atoms with E-state index in [2.05, 4.69) is 26.2 Å². The number of aromatic nitrogens is 1. The lowest BCUT2D eigenvalue weighted by Gasteiger charge is -2.36. The van der Waals surface area contributed by atoms with Crippen molar-refractivity contribution in [1.82, 2.24) is 4.98 Å². The summed E-state index contributed by atoms with van der Waals surface area (Å²) in [6, 6.07) is 16.9. The number of nitrogens with zero attached hydrogens (tertiary/aromatic N) is 1. The van der Waals surface area contributed by atoms with E-state index in [9.17, 15) is 9.18 Å². The molecule has 1 aliphatic rings. The van der Waals surface area contributed by atoms with Crippen molar-refractivity contribution in [3.05, 3.63) is 82.7 Å². The number of carbonyl (C=O) groups is 1. The van der Waals surface area contributed by atoms with Crippen LogP contribution in [0.5, 0.6) is 11.6 Å². The molecule has 1 saturated heterocycles. The number of amides is 1. The number of anilines is 1. The van der Waals surface area contributed by atoms with Crippen LogP contribution in [0.1, 0.15) is 18.4 Å². The SMILES string of the molecule is O=C(Nc1ccc(Oc2ccc(F)cc2)nc1)C1(c2ccc(Br)cc2)CCOCC1. The Balaban J connectivity index is 1.49. The fraction of sp³-hybridized carbons (Fsp3) is 0.217. The number of carbonyl (C=O) groups excluding carboxylic acids is 1. The molecule has 30 heavy (non-hydrogen) atoms. The first-order chi connectivity index (χ1) is 14.5. The number of hydrogen-bond acceptors (Lipinski definition) is 4. The van der Waals surface area contributed by atoms with E-state index >= 15 is 0 Å².